The van der Waals surface area contributed by atoms with Crippen LogP contribution in [0.25, 0.3) is 0 Å². The Morgan fingerprint density at radius 3 is 2.39 bits per heavy atom. The molecule has 196 valence electrons. The largest absolute Gasteiger partial charge is 0.513 e. The van der Waals surface area contributed by atoms with E-state index in [-0.39, 0.29) is 43.0 Å². The van der Waals surface area contributed by atoms with E-state index < -0.39 is 12.1 Å². The van der Waals surface area contributed by atoms with Gasteiger partial charge < -0.3 is 25.0 Å². The monoisotopic (exact) mass is 515 g/mol. The van der Waals surface area contributed by atoms with Crippen LogP contribution in [0.5, 0.6) is 5.75 Å². The van der Waals surface area contributed by atoms with Crippen LogP contribution in [0, 0.1) is 5.92 Å². The third kappa shape index (κ3) is 6.97. The zero-order valence-electron chi connectivity index (χ0n) is 21.0. The number of hydrogen-bond acceptors (Lipinski definition) is 6. The summed E-state index contributed by atoms with van der Waals surface area (Å²) in [5.74, 6) is -0.796. The van der Waals surface area contributed by atoms with Crippen molar-refractivity contribution in [1.29, 1.82) is 0 Å². The molecule has 9 nitrogen and oxygen atoms in total. The summed E-state index contributed by atoms with van der Waals surface area (Å²) < 4.78 is 9.73. The standard InChI is InChI=1S/C29H29N3O6/c1-2-37-29(36)38-24-14-12-21(13-15-24)27(34)30-17-22-10-6-7-11-25(22)31-28(35)23-16-26(33)32(19-23)18-20-8-4-3-5-9-20/h3-15,23H,2,16-19H2,1H3,(H,30,34)(H,31,35). The molecule has 2 N–H and O–H groups in total. The lowest BCUT2D eigenvalue weighted by molar-refractivity contribution is -0.128. The summed E-state index contributed by atoms with van der Waals surface area (Å²) in [7, 11) is 0. The number of para-hydroxylation sites is 1. The van der Waals surface area contributed by atoms with Crippen LogP contribution in [-0.2, 0) is 27.4 Å². The fourth-order valence-corrected chi connectivity index (χ4v) is 4.13. The van der Waals surface area contributed by atoms with E-state index >= 15 is 0 Å². The maximum Gasteiger partial charge on any atom is 0.513 e. The minimum atomic E-state index is -0.811. The van der Waals surface area contributed by atoms with Gasteiger partial charge in [-0.2, -0.15) is 0 Å². The molecule has 4 rings (SSSR count). The number of nitrogens with one attached hydrogen (secondary N) is 2. The van der Waals surface area contributed by atoms with Gasteiger partial charge in [0.2, 0.25) is 11.8 Å². The van der Waals surface area contributed by atoms with E-state index in [0.29, 0.717) is 24.3 Å². The number of carbonyl (C=O) groups is 4. The maximum absolute atomic E-state index is 13.0. The van der Waals surface area contributed by atoms with Gasteiger partial charge in [0.1, 0.15) is 5.75 Å². The predicted molar refractivity (Wildman–Crippen MR) is 140 cm³/mol. The zero-order chi connectivity index (χ0) is 26.9. The van der Waals surface area contributed by atoms with Gasteiger partial charge in [-0.25, -0.2) is 4.79 Å². The first-order valence-corrected chi connectivity index (χ1v) is 12.4. The number of benzene rings is 3. The molecule has 0 bridgehead atoms. The Hall–Kier alpha value is -4.66. The Kier molecular flexibility index (Phi) is 8.71. The molecule has 3 aromatic carbocycles. The molecule has 9 heteroatoms. The van der Waals surface area contributed by atoms with E-state index in [1.54, 1.807) is 24.0 Å². The van der Waals surface area contributed by atoms with Gasteiger partial charge in [-0.15, -0.1) is 0 Å². The van der Waals surface area contributed by atoms with E-state index in [2.05, 4.69) is 10.6 Å². The number of carbonyl (C=O) groups excluding carboxylic acids is 4. The highest BCUT2D eigenvalue weighted by molar-refractivity contribution is 5.98. The van der Waals surface area contributed by atoms with Crippen molar-refractivity contribution in [2.24, 2.45) is 5.92 Å². The Labute approximate surface area is 220 Å². The lowest BCUT2D eigenvalue weighted by Crippen LogP contribution is -2.28. The smallest absolute Gasteiger partial charge is 0.434 e. The van der Waals surface area contributed by atoms with Crippen LogP contribution in [0.3, 0.4) is 0 Å². The van der Waals surface area contributed by atoms with Gasteiger partial charge in [0.15, 0.2) is 0 Å². The first-order valence-electron chi connectivity index (χ1n) is 12.4. The van der Waals surface area contributed by atoms with Crippen LogP contribution in [-0.4, -0.2) is 41.9 Å². The van der Waals surface area contributed by atoms with Crippen LogP contribution in [0.15, 0.2) is 78.9 Å². The van der Waals surface area contributed by atoms with E-state index in [1.165, 1.54) is 24.3 Å². The SMILES string of the molecule is CCOC(=O)Oc1ccc(C(=O)NCc2ccccc2NC(=O)C2CC(=O)N(Cc3ccccc3)C2)cc1. The van der Waals surface area contributed by atoms with Crippen molar-refractivity contribution >= 4 is 29.6 Å². The van der Waals surface area contributed by atoms with Crippen LogP contribution < -0.4 is 15.4 Å². The highest BCUT2D eigenvalue weighted by Crippen LogP contribution is 2.23. The van der Waals surface area contributed by atoms with E-state index in [9.17, 15) is 19.2 Å². The van der Waals surface area contributed by atoms with Crippen molar-refractivity contribution in [2.45, 2.75) is 26.4 Å². The molecule has 3 amide bonds. The van der Waals surface area contributed by atoms with Crippen molar-refractivity contribution in [1.82, 2.24) is 10.2 Å². The van der Waals surface area contributed by atoms with Crippen molar-refractivity contribution in [3.8, 4) is 5.75 Å². The highest BCUT2D eigenvalue weighted by Gasteiger charge is 2.34. The third-order valence-corrected chi connectivity index (χ3v) is 6.10. The van der Waals surface area contributed by atoms with Gasteiger partial charge in [-0.1, -0.05) is 48.5 Å². The summed E-state index contributed by atoms with van der Waals surface area (Å²) in [6.45, 7) is 2.89. The van der Waals surface area contributed by atoms with Gasteiger partial charge in [0.25, 0.3) is 5.91 Å². The van der Waals surface area contributed by atoms with Gasteiger partial charge in [0, 0.05) is 37.3 Å². The number of rotatable bonds is 9. The zero-order valence-corrected chi connectivity index (χ0v) is 21.0. The minimum absolute atomic E-state index is 0.0479. The molecule has 1 fully saturated rings. The van der Waals surface area contributed by atoms with Crippen molar-refractivity contribution in [2.75, 3.05) is 18.5 Å². The van der Waals surface area contributed by atoms with Crippen LogP contribution >= 0.6 is 0 Å². The summed E-state index contributed by atoms with van der Waals surface area (Å²) in [6.07, 6.45) is -0.651. The molecule has 1 unspecified atom stereocenters. The van der Waals surface area contributed by atoms with Gasteiger partial charge in [-0.05, 0) is 48.4 Å². The average molecular weight is 516 g/mol. The molecule has 1 aliphatic rings. The molecular weight excluding hydrogens is 486 g/mol. The quantitative estimate of drug-likeness (QED) is 0.327. The number of ether oxygens (including phenoxy) is 2. The minimum Gasteiger partial charge on any atom is -0.434 e. The molecule has 3 aromatic rings. The second-order valence-electron chi connectivity index (χ2n) is 8.80. The number of likely N-dealkylation sites (tertiary alicyclic amines) is 1. The Morgan fingerprint density at radius 1 is 0.947 bits per heavy atom. The molecule has 0 aliphatic carbocycles. The van der Waals surface area contributed by atoms with E-state index in [1.807, 2.05) is 42.5 Å². The Morgan fingerprint density at radius 2 is 1.66 bits per heavy atom. The fourth-order valence-electron chi connectivity index (χ4n) is 4.13. The Balaban J connectivity index is 1.32. The summed E-state index contributed by atoms with van der Waals surface area (Å²) in [6, 6.07) is 23.0. The number of amides is 3. The molecular formula is C29H29N3O6. The van der Waals surface area contributed by atoms with Crippen LogP contribution in [0.1, 0.15) is 34.8 Å². The first kappa shape index (κ1) is 26.4. The normalized spacial score (nSPS) is 14.6. The predicted octanol–water partition coefficient (Wildman–Crippen LogP) is 4.14. The van der Waals surface area contributed by atoms with Gasteiger partial charge in [0.05, 0.1) is 12.5 Å². The first-order chi connectivity index (χ1) is 18.4. The molecule has 0 saturated carbocycles. The van der Waals surface area contributed by atoms with Crippen LogP contribution in [0.2, 0.25) is 0 Å². The third-order valence-electron chi connectivity index (χ3n) is 6.10. The molecule has 1 heterocycles. The number of anilines is 1. The summed E-state index contributed by atoms with van der Waals surface area (Å²) in [4.78, 5) is 51.3. The van der Waals surface area contributed by atoms with Crippen molar-refractivity contribution in [3.63, 3.8) is 0 Å². The highest BCUT2D eigenvalue weighted by atomic mass is 16.7. The molecule has 1 saturated heterocycles. The van der Waals surface area contributed by atoms with Crippen molar-refractivity contribution in [3.05, 3.63) is 95.6 Å². The molecule has 0 spiro atoms. The van der Waals surface area contributed by atoms with E-state index in [4.69, 9.17) is 9.47 Å². The van der Waals surface area contributed by atoms with Gasteiger partial charge >= 0.3 is 6.16 Å². The fraction of sp³-hybridized carbons (Fsp3) is 0.241. The average Bonchev–Trinajstić information content (AvgIpc) is 3.29. The Bertz CT molecular complexity index is 1290. The van der Waals surface area contributed by atoms with Crippen molar-refractivity contribution < 1.29 is 28.7 Å². The summed E-state index contributed by atoms with van der Waals surface area (Å²) >= 11 is 0. The van der Waals surface area contributed by atoms with E-state index in [0.717, 1.165) is 11.1 Å². The molecule has 38 heavy (non-hydrogen) atoms. The number of nitrogens with zero attached hydrogens (tertiary/aromatic N) is 1. The molecule has 1 aliphatic heterocycles. The summed E-state index contributed by atoms with van der Waals surface area (Å²) in [5, 5.41) is 5.76. The van der Waals surface area contributed by atoms with Crippen LogP contribution in [0.4, 0.5) is 10.5 Å². The second-order valence-corrected chi connectivity index (χ2v) is 8.80. The topological polar surface area (TPSA) is 114 Å². The van der Waals surface area contributed by atoms with Gasteiger partial charge in [-0.3, -0.25) is 14.4 Å². The molecule has 1 atom stereocenters. The number of hydrogen-bond donors (Lipinski definition) is 2. The second kappa shape index (κ2) is 12.5. The molecule has 0 aromatic heterocycles. The molecule has 0 radical (unpaired) electrons. The lowest BCUT2D eigenvalue weighted by Gasteiger charge is -2.17. The summed E-state index contributed by atoms with van der Waals surface area (Å²) in [5.41, 5.74) is 2.70. The maximum atomic E-state index is 13.0. The lowest BCUT2D eigenvalue weighted by atomic mass is 10.1.